The minimum absolute atomic E-state index is 0.0156. The minimum atomic E-state index is -5.08. The summed E-state index contributed by atoms with van der Waals surface area (Å²) < 4.78 is 84.3. The number of hydrogen-bond donors (Lipinski definition) is 12. The first kappa shape index (κ1) is 66.9. The Hall–Kier alpha value is -3.60. The van der Waals surface area contributed by atoms with Crippen molar-refractivity contribution in [1.29, 1.82) is 0 Å². The lowest BCUT2D eigenvalue weighted by molar-refractivity contribution is -0.359. The zero-order chi connectivity index (χ0) is 57.9. The van der Waals surface area contributed by atoms with Crippen LogP contribution in [0.4, 0.5) is 0 Å². The quantitative estimate of drug-likeness (QED) is 0.0153. The summed E-state index contributed by atoms with van der Waals surface area (Å²) in [5.74, 6) is -3.49. The minimum Gasteiger partial charge on any atom is -0.463 e. The molecule has 0 bridgehead atoms. The van der Waals surface area contributed by atoms with E-state index in [9.17, 15) is 72.7 Å². The van der Waals surface area contributed by atoms with Gasteiger partial charge in [0.2, 0.25) is 23.6 Å². The fraction of sp³-hybridized carbons (Fsp3) is 0.857. The highest BCUT2D eigenvalue weighted by Gasteiger charge is 2.56. The van der Waals surface area contributed by atoms with E-state index in [2.05, 4.69) is 44.5 Å². The average Bonchev–Trinajstić information content (AvgIpc) is 3.43. The number of aliphatic hydroxyl groups excluding tert-OH is 7. The second-order valence-electron chi connectivity index (χ2n) is 20.0. The molecule has 4 saturated heterocycles. The summed E-state index contributed by atoms with van der Waals surface area (Å²) in [6.07, 6.45) is -11.8. The van der Waals surface area contributed by atoms with Crippen LogP contribution in [-0.4, -0.2) is 227 Å². The molecule has 450 valence electrons. The van der Waals surface area contributed by atoms with Crippen LogP contribution in [0.2, 0.25) is 0 Å². The van der Waals surface area contributed by atoms with Crippen molar-refractivity contribution in [2.75, 3.05) is 26.4 Å². The number of amides is 4. The number of rotatable bonds is 30. The molecular weight excluding hydrogens is 1060 g/mol. The first-order valence-electron chi connectivity index (χ1n) is 26.6. The molecule has 78 heavy (non-hydrogen) atoms. The van der Waals surface area contributed by atoms with E-state index >= 15 is 0 Å². The maximum absolute atomic E-state index is 13.4. The fourth-order valence-electron chi connectivity index (χ4n) is 9.78. The fourth-order valence-corrected chi connectivity index (χ4v) is 10.1. The summed E-state index contributed by atoms with van der Waals surface area (Å²) in [4.78, 5) is 62.7. The number of carbonyl (C=O) groups is 5. The number of ether oxygens (including phenoxy) is 8. The van der Waals surface area contributed by atoms with Gasteiger partial charge in [0.1, 0.15) is 98.0 Å². The van der Waals surface area contributed by atoms with Crippen LogP contribution in [0.5, 0.6) is 0 Å². The molecule has 4 rings (SSSR count). The molecule has 12 N–H and O–H groups in total. The summed E-state index contributed by atoms with van der Waals surface area (Å²) in [6, 6.07) is -6.12. The highest BCUT2D eigenvalue weighted by atomic mass is 32.3. The third kappa shape index (κ3) is 20.4. The summed E-state index contributed by atoms with van der Waals surface area (Å²) in [7, 11) is -5.08. The molecule has 0 aliphatic carbocycles. The molecule has 0 spiro atoms. The second kappa shape index (κ2) is 32.7. The van der Waals surface area contributed by atoms with Crippen LogP contribution in [0, 0.1) is 0 Å². The molecule has 0 saturated carbocycles. The van der Waals surface area contributed by atoms with Gasteiger partial charge in [0.25, 0.3) is 0 Å². The van der Waals surface area contributed by atoms with Gasteiger partial charge in [0.05, 0.1) is 32.0 Å². The molecule has 0 aromatic heterocycles. The molecule has 4 fully saturated rings. The van der Waals surface area contributed by atoms with Crippen molar-refractivity contribution in [3.05, 3.63) is 12.2 Å². The number of aliphatic hydroxyl groups is 7. The van der Waals surface area contributed by atoms with Crippen LogP contribution >= 0.6 is 0 Å². The highest BCUT2D eigenvalue weighted by Crippen LogP contribution is 2.35. The van der Waals surface area contributed by atoms with E-state index in [1.807, 2.05) is 0 Å². The lowest BCUT2D eigenvalue weighted by atomic mass is 9.92. The first-order valence-corrected chi connectivity index (χ1v) is 28.0. The van der Waals surface area contributed by atoms with Crippen LogP contribution in [0.25, 0.3) is 0 Å². The van der Waals surface area contributed by atoms with Gasteiger partial charge < -0.3 is 94.9 Å². The van der Waals surface area contributed by atoms with Crippen molar-refractivity contribution in [1.82, 2.24) is 21.3 Å². The lowest BCUT2D eigenvalue weighted by Gasteiger charge is -2.51. The van der Waals surface area contributed by atoms with E-state index in [0.29, 0.717) is 6.42 Å². The van der Waals surface area contributed by atoms with Gasteiger partial charge in [-0.1, -0.05) is 57.6 Å². The summed E-state index contributed by atoms with van der Waals surface area (Å²) >= 11 is 0. The number of allylic oxidation sites excluding steroid dienone is 2. The Labute approximate surface area is 454 Å². The molecule has 0 radical (unpaired) electrons. The van der Waals surface area contributed by atoms with Crippen molar-refractivity contribution in [3.63, 3.8) is 0 Å². The van der Waals surface area contributed by atoms with Gasteiger partial charge in [0.15, 0.2) is 18.9 Å². The zero-order valence-corrected chi connectivity index (χ0v) is 45.8. The summed E-state index contributed by atoms with van der Waals surface area (Å²) in [6.45, 7) is 4.49. The number of esters is 1. The van der Waals surface area contributed by atoms with Crippen LogP contribution in [0.3, 0.4) is 0 Å². The van der Waals surface area contributed by atoms with Crippen LogP contribution < -0.4 is 21.3 Å². The highest BCUT2D eigenvalue weighted by molar-refractivity contribution is 7.80. The maximum Gasteiger partial charge on any atom is 0.397 e. The number of nitrogens with one attached hydrogen (secondary N) is 4. The predicted octanol–water partition coefficient (Wildman–Crippen LogP) is -2.47. The molecule has 8 unspecified atom stereocenters. The maximum atomic E-state index is 13.4. The molecule has 0 aromatic carbocycles. The Bertz CT molecular complexity index is 2030. The monoisotopic (exact) mass is 1140 g/mol. The van der Waals surface area contributed by atoms with Crippen molar-refractivity contribution in [3.8, 4) is 0 Å². The summed E-state index contributed by atoms with van der Waals surface area (Å²) in [5, 5.41) is 89.5. The van der Waals surface area contributed by atoms with Crippen molar-refractivity contribution in [2.24, 2.45) is 0 Å². The average molecular weight is 1150 g/mol. The van der Waals surface area contributed by atoms with Gasteiger partial charge in [-0.3, -0.25) is 28.5 Å². The lowest BCUT2D eigenvalue weighted by Crippen LogP contribution is -2.71. The van der Waals surface area contributed by atoms with Gasteiger partial charge in [-0.2, -0.15) is 8.42 Å². The molecule has 4 heterocycles. The van der Waals surface area contributed by atoms with Crippen molar-refractivity contribution >= 4 is 40.0 Å². The van der Waals surface area contributed by atoms with Crippen LogP contribution in [0.1, 0.15) is 119 Å². The SMILES string of the molecule is CCCCCC/C=C\CCCCCCCC(=O)NC1[C@H](O[C@@H]2C(CO)O[C@@H](O[C@@H]3C(CO)O[C@@H](O[C@@H]4C(COS(=O)(=O)O)O[C@@H](C)C(NC(C)=O)[C@H]4O)C(NC(C)=O)[C@H]3O)C(NC(C)=O)[C@H]2O)OC(COC(C)=O)[C@@H](O)[C@@H]1O. The Balaban J connectivity index is 1.54. The standard InChI is InChI=1S/C49H84N4O24S/c1-7-8-9-10-11-12-13-14-15-16-17-18-19-20-34(60)53-36-40(62)39(61)32(23-69-29(6)59)74-47(36)75-44-30(21-54)72-48(37(42(44)64)51-27(4)57)76-45-31(22-55)73-49(38(43(45)65)52-28(5)58)77-46-33(24-70-78(66,67)68)71-25(2)35(41(46)63)50-26(3)56/h12-13,25,30-33,35-49,54-55,61-65H,7-11,14-24H2,1-6H3,(H,50,56)(H,51,57)(H,52,58)(H,53,60)(H,66,67,68)/b13-12-/t25-,30?,31?,32?,33?,35?,36?,37?,38?,39+,40+,41+,42+,43+,44+,45+,46+,47-,48-,49-/m0/s1. The smallest absolute Gasteiger partial charge is 0.397 e. The van der Waals surface area contributed by atoms with Gasteiger partial charge in [-0.05, 0) is 39.0 Å². The largest absolute Gasteiger partial charge is 0.463 e. The number of carbonyl (C=O) groups excluding carboxylic acids is 5. The topological polar surface area (TPSA) is 413 Å². The molecular formula is C49H84N4O24S. The molecule has 20 atom stereocenters. The Kier molecular flexibility index (Phi) is 28.1. The Morgan fingerprint density at radius 1 is 0.526 bits per heavy atom. The van der Waals surface area contributed by atoms with Gasteiger partial charge in [-0.25, -0.2) is 4.18 Å². The van der Waals surface area contributed by atoms with E-state index in [-0.39, 0.29) is 6.42 Å². The Morgan fingerprint density at radius 2 is 0.949 bits per heavy atom. The molecule has 4 aliphatic rings. The molecule has 4 amide bonds. The number of hydrogen-bond acceptors (Lipinski definition) is 23. The van der Waals surface area contributed by atoms with Crippen molar-refractivity contribution in [2.45, 2.75) is 241 Å². The van der Waals surface area contributed by atoms with Gasteiger partial charge in [-0.15, -0.1) is 0 Å². The zero-order valence-electron chi connectivity index (χ0n) is 45.0. The van der Waals surface area contributed by atoms with Crippen molar-refractivity contribution < 1.29 is 115 Å². The second-order valence-corrected chi connectivity index (χ2v) is 21.1. The van der Waals surface area contributed by atoms with E-state index in [1.165, 1.54) is 32.6 Å². The molecule has 4 aliphatic heterocycles. The third-order valence-electron chi connectivity index (χ3n) is 13.7. The Morgan fingerprint density at radius 3 is 1.41 bits per heavy atom. The van der Waals surface area contributed by atoms with Gasteiger partial charge in [0, 0.05) is 34.1 Å². The van der Waals surface area contributed by atoms with E-state index in [0.717, 1.165) is 66.2 Å². The molecule has 29 heteroatoms. The number of unbranched alkanes of at least 4 members (excludes halogenated alkanes) is 9. The van der Waals surface area contributed by atoms with Crippen LogP contribution in [0.15, 0.2) is 12.2 Å². The van der Waals surface area contributed by atoms with E-state index in [4.69, 9.17) is 37.9 Å². The third-order valence-corrected chi connectivity index (χ3v) is 14.1. The predicted molar refractivity (Wildman–Crippen MR) is 268 cm³/mol. The van der Waals surface area contributed by atoms with E-state index < -0.39 is 189 Å². The van der Waals surface area contributed by atoms with E-state index in [1.54, 1.807) is 0 Å². The normalized spacial score (nSPS) is 35.4. The van der Waals surface area contributed by atoms with Crippen LogP contribution in [-0.2, 0) is 76.4 Å². The summed E-state index contributed by atoms with van der Waals surface area (Å²) in [5.41, 5.74) is 0. The van der Waals surface area contributed by atoms with Gasteiger partial charge >= 0.3 is 16.4 Å². The molecule has 28 nitrogen and oxygen atoms in total. The first-order chi connectivity index (χ1) is 36.9. The molecule has 0 aromatic rings.